The Morgan fingerprint density at radius 3 is 2.08 bits per heavy atom. The molecule has 50 heavy (non-hydrogen) atoms. The van der Waals surface area contributed by atoms with E-state index in [-0.39, 0.29) is 42.5 Å². The van der Waals surface area contributed by atoms with Gasteiger partial charge in [0.05, 0.1) is 22.1 Å². The highest BCUT2D eigenvalue weighted by atomic mass is 35.5. The van der Waals surface area contributed by atoms with E-state index in [2.05, 4.69) is 21.3 Å². The molecular weight excluding hydrogens is 682 g/mol. The van der Waals surface area contributed by atoms with Crippen molar-refractivity contribution in [2.45, 2.75) is 155 Å². The molecule has 0 spiro atoms. The lowest BCUT2D eigenvalue weighted by Crippen LogP contribution is -2.66. The van der Waals surface area contributed by atoms with E-state index in [9.17, 15) is 32.4 Å². The summed E-state index contributed by atoms with van der Waals surface area (Å²) in [5.41, 5.74) is -2.10. The molecule has 1 heterocycles. The molecule has 0 aromatic heterocycles. The second-order valence-electron chi connectivity index (χ2n) is 17.2. The van der Waals surface area contributed by atoms with Gasteiger partial charge in [0, 0.05) is 19.0 Å². The molecule has 14 heteroatoms. The van der Waals surface area contributed by atoms with Gasteiger partial charge in [0.1, 0.15) is 12.1 Å². The first kappa shape index (κ1) is 43.8. The minimum Gasteiger partial charge on any atom is -0.348 e. The number of halogens is 1. The standard InChI is InChI=1S/C36H64ClN5O7S/c1-11-12-16-25(27(43)30(45)38-20-19-37)39-29(44)26-21-35(9,10)24(2)22-42(26)31(46)28(33(3,4)5)40-32(47)41-36(17-14-13-15-18-36)23-50(48,49)34(6,7)8/h24-26,28H,11-23H2,1-10H3,(H,38,45)(H,39,44)(H2,40,41,47)/t24?,25?,26-,28+/m0/s1. The third-order valence-electron chi connectivity index (χ3n) is 10.5. The summed E-state index contributed by atoms with van der Waals surface area (Å²) in [5.74, 6) is -2.66. The van der Waals surface area contributed by atoms with Crippen LogP contribution in [0, 0.1) is 16.7 Å². The second-order valence-corrected chi connectivity index (χ2v) is 20.3. The molecule has 0 bridgehead atoms. The van der Waals surface area contributed by atoms with Crippen molar-refractivity contribution in [2.75, 3.05) is 24.7 Å². The van der Waals surface area contributed by atoms with Gasteiger partial charge in [0.25, 0.3) is 5.91 Å². The molecule has 2 rings (SSSR count). The minimum atomic E-state index is -3.58. The zero-order chi connectivity index (χ0) is 38.3. The Morgan fingerprint density at radius 2 is 1.56 bits per heavy atom. The highest BCUT2D eigenvalue weighted by Crippen LogP contribution is 2.40. The van der Waals surface area contributed by atoms with E-state index < -0.39 is 73.2 Å². The smallest absolute Gasteiger partial charge is 0.315 e. The van der Waals surface area contributed by atoms with Crippen LogP contribution < -0.4 is 21.3 Å². The summed E-state index contributed by atoms with van der Waals surface area (Å²) in [5, 5.41) is 11.1. The highest BCUT2D eigenvalue weighted by molar-refractivity contribution is 7.92. The van der Waals surface area contributed by atoms with E-state index in [1.807, 2.05) is 48.5 Å². The summed E-state index contributed by atoms with van der Waals surface area (Å²) >= 11 is 5.68. The van der Waals surface area contributed by atoms with Gasteiger partial charge in [-0.15, -0.1) is 11.6 Å². The number of likely N-dealkylation sites (tertiary alicyclic amines) is 1. The largest absolute Gasteiger partial charge is 0.348 e. The Hall–Kier alpha value is -2.41. The van der Waals surface area contributed by atoms with E-state index in [0.717, 1.165) is 25.7 Å². The summed E-state index contributed by atoms with van der Waals surface area (Å²) in [7, 11) is -3.58. The molecule has 2 aliphatic rings. The Bertz CT molecular complexity index is 1330. The van der Waals surface area contributed by atoms with E-state index in [0.29, 0.717) is 25.7 Å². The number of hydrogen-bond acceptors (Lipinski definition) is 7. The number of carbonyl (C=O) groups is 5. The number of unbranched alkanes of at least 4 members (excludes halogenated alkanes) is 1. The fourth-order valence-corrected chi connectivity index (χ4v) is 8.26. The molecule has 1 aliphatic heterocycles. The maximum Gasteiger partial charge on any atom is 0.315 e. The van der Waals surface area contributed by atoms with Crippen molar-refractivity contribution in [1.82, 2.24) is 26.2 Å². The second kappa shape index (κ2) is 17.4. The summed E-state index contributed by atoms with van der Waals surface area (Å²) in [6.45, 7) is 18.8. The van der Waals surface area contributed by atoms with Crippen molar-refractivity contribution in [1.29, 1.82) is 0 Å². The quantitative estimate of drug-likeness (QED) is 0.150. The average molecular weight is 746 g/mol. The van der Waals surface area contributed by atoms with Crippen LogP contribution in [0.25, 0.3) is 0 Å². The third kappa shape index (κ3) is 11.5. The number of rotatable bonds is 14. The molecule has 5 amide bonds. The van der Waals surface area contributed by atoms with Gasteiger partial charge in [-0.25, -0.2) is 13.2 Å². The number of hydrogen-bond donors (Lipinski definition) is 4. The minimum absolute atomic E-state index is 0.00286. The predicted molar refractivity (Wildman–Crippen MR) is 198 cm³/mol. The molecule has 12 nitrogen and oxygen atoms in total. The molecule has 4 atom stereocenters. The lowest BCUT2D eigenvalue weighted by molar-refractivity contribution is -0.151. The van der Waals surface area contributed by atoms with Gasteiger partial charge in [-0.3, -0.25) is 19.2 Å². The summed E-state index contributed by atoms with van der Waals surface area (Å²) in [6.07, 6.45) is 5.40. The van der Waals surface area contributed by atoms with Crippen LogP contribution in [-0.4, -0.2) is 96.0 Å². The van der Waals surface area contributed by atoms with E-state index in [4.69, 9.17) is 11.6 Å². The summed E-state index contributed by atoms with van der Waals surface area (Å²) in [6, 6.07) is -3.74. The third-order valence-corrected chi connectivity index (χ3v) is 13.5. The maximum atomic E-state index is 14.6. The Balaban J connectivity index is 2.42. The molecule has 2 unspecified atom stereocenters. The predicted octanol–water partition coefficient (Wildman–Crippen LogP) is 4.48. The van der Waals surface area contributed by atoms with Crippen molar-refractivity contribution in [3.63, 3.8) is 0 Å². The first-order valence-corrected chi connectivity index (χ1v) is 20.4. The number of alkyl halides is 1. The van der Waals surface area contributed by atoms with E-state index >= 15 is 0 Å². The molecule has 1 saturated carbocycles. The molecule has 0 aromatic carbocycles. The molecule has 4 N–H and O–H groups in total. The van der Waals surface area contributed by atoms with Crippen molar-refractivity contribution < 1.29 is 32.4 Å². The number of carbonyl (C=O) groups excluding carboxylic acids is 5. The number of nitrogens with one attached hydrogen (secondary N) is 4. The van der Waals surface area contributed by atoms with Gasteiger partial charge < -0.3 is 26.2 Å². The monoisotopic (exact) mass is 745 g/mol. The molecule has 1 saturated heterocycles. The first-order chi connectivity index (χ1) is 22.9. The van der Waals surface area contributed by atoms with Gasteiger partial charge in [0.15, 0.2) is 9.84 Å². The summed E-state index contributed by atoms with van der Waals surface area (Å²) in [4.78, 5) is 69.6. The lowest BCUT2D eigenvalue weighted by Gasteiger charge is -2.49. The molecular formula is C36H64ClN5O7S. The number of nitrogens with zero attached hydrogens (tertiary/aromatic N) is 1. The van der Waals surface area contributed by atoms with Crippen molar-refractivity contribution >= 4 is 51.0 Å². The number of amides is 5. The van der Waals surface area contributed by atoms with Gasteiger partial charge >= 0.3 is 6.03 Å². The fourth-order valence-electron chi connectivity index (χ4n) is 6.64. The van der Waals surface area contributed by atoms with Crippen LogP contribution in [0.2, 0.25) is 0 Å². The van der Waals surface area contributed by atoms with Crippen LogP contribution in [0.3, 0.4) is 0 Å². The Morgan fingerprint density at radius 1 is 0.960 bits per heavy atom. The lowest BCUT2D eigenvalue weighted by atomic mass is 9.71. The Kier molecular flexibility index (Phi) is 15.2. The normalized spacial score (nSPS) is 22.1. The number of sulfone groups is 1. The number of Topliss-reactive ketones (excluding diaryl/α,β-unsaturated/α-hetero) is 1. The van der Waals surface area contributed by atoms with Gasteiger partial charge in [0.2, 0.25) is 17.6 Å². The van der Waals surface area contributed by atoms with Crippen molar-refractivity contribution in [3.05, 3.63) is 0 Å². The van der Waals surface area contributed by atoms with Gasteiger partial charge in [-0.05, 0) is 63.2 Å². The van der Waals surface area contributed by atoms with Gasteiger partial charge in [-0.1, -0.05) is 80.6 Å². The zero-order valence-corrected chi connectivity index (χ0v) is 33.7. The van der Waals surface area contributed by atoms with Crippen LogP contribution in [0.4, 0.5) is 4.79 Å². The molecule has 288 valence electrons. The number of ketones is 1. The van der Waals surface area contributed by atoms with Crippen molar-refractivity contribution in [2.24, 2.45) is 16.7 Å². The number of urea groups is 1. The Labute approximate surface area is 305 Å². The summed E-state index contributed by atoms with van der Waals surface area (Å²) < 4.78 is 25.7. The molecule has 1 aliphatic carbocycles. The van der Waals surface area contributed by atoms with Crippen LogP contribution in [-0.2, 0) is 29.0 Å². The van der Waals surface area contributed by atoms with Crippen LogP contribution in [0.5, 0.6) is 0 Å². The van der Waals surface area contributed by atoms with Crippen LogP contribution >= 0.6 is 11.6 Å². The van der Waals surface area contributed by atoms with Crippen molar-refractivity contribution in [3.8, 4) is 0 Å². The fraction of sp³-hybridized carbons (Fsp3) is 0.861. The molecule has 0 aromatic rings. The SMILES string of the molecule is CCCCC(NC(=O)[C@@H]1CC(C)(C)C(C)CN1C(=O)[C@@H](NC(=O)NC1(CS(=O)(=O)C(C)(C)C)CCCCC1)C(C)(C)C)C(=O)C(=O)NCCCl. The first-order valence-electron chi connectivity index (χ1n) is 18.2. The molecule has 0 radical (unpaired) electrons. The average Bonchev–Trinajstić information content (AvgIpc) is 2.99. The van der Waals surface area contributed by atoms with Crippen LogP contribution in [0.15, 0.2) is 0 Å². The van der Waals surface area contributed by atoms with Gasteiger partial charge in [-0.2, -0.15) is 0 Å². The number of piperidine rings is 1. The topological polar surface area (TPSA) is 171 Å². The van der Waals surface area contributed by atoms with E-state index in [1.165, 1.54) is 4.90 Å². The zero-order valence-electron chi connectivity index (χ0n) is 32.1. The van der Waals surface area contributed by atoms with Crippen LogP contribution in [0.1, 0.15) is 127 Å². The highest BCUT2D eigenvalue weighted by Gasteiger charge is 2.48. The molecule has 2 fully saturated rings. The van der Waals surface area contributed by atoms with E-state index in [1.54, 1.807) is 20.8 Å². The maximum absolute atomic E-state index is 14.6.